The van der Waals surface area contributed by atoms with Gasteiger partial charge in [-0.05, 0) is 93.4 Å². The lowest BCUT2D eigenvalue weighted by atomic mass is 9.84. The molecule has 1 aromatic carbocycles. The number of aromatic amines is 1. The van der Waals surface area contributed by atoms with Gasteiger partial charge >= 0.3 is 0 Å². The van der Waals surface area contributed by atoms with E-state index >= 15 is 0 Å². The molecule has 1 saturated heterocycles. The first kappa shape index (κ1) is 19.4. The second-order valence-corrected chi connectivity index (χ2v) is 10.3. The number of rotatable bonds is 5. The number of fused-ring (bicyclic) bond motifs is 2. The summed E-state index contributed by atoms with van der Waals surface area (Å²) in [5.41, 5.74) is 6.74. The Hall–Kier alpha value is -1.57. The summed E-state index contributed by atoms with van der Waals surface area (Å²) >= 11 is 1.62. The molecule has 1 aromatic heterocycles. The van der Waals surface area contributed by atoms with E-state index < -0.39 is 5.60 Å². The smallest absolute Gasteiger partial charge is 0.225 e. The first-order chi connectivity index (χ1) is 14.0. The molecule has 29 heavy (non-hydrogen) atoms. The Balaban J connectivity index is 1.27. The summed E-state index contributed by atoms with van der Waals surface area (Å²) in [5, 5.41) is 22.1. The van der Waals surface area contributed by atoms with E-state index in [-0.39, 0.29) is 0 Å². The van der Waals surface area contributed by atoms with Crippen molar-refractivity contribution in [3.63, 3.8) is 0 Å². The van der Waals surface area contributed by atoms with Crippen molar-refractivity contribution in [3.8, 4) is 0 Å². The molecule has 2 heterocycles. The maximum Gasteiger partial charge on any atom is 0.225 e. The molecule has 0 unspecified atom stereocenters. The first-order valence-corrected chi connectivity index (χ1v) is 11.8. The third kappa shape index (κ3) is 3.92. The van der Waals surface area contributed by atoms with Crippen LogP contribution in [-0.4, -0.2) is 43.3 Å². The van der Waals surface area contributed by atoms with Gasteiger partial charge in [-0.1, -0.05) is 6.07 Å². The Morgan fingerprint density at radius 1 is 1.10 bits per heavy atom. The van der Waals surface area contributed by atoms with Crippen LogP contribution in [0.15, 0.2) is 11.2 Å². The van der Waals surface area contributed by atoms with Crippen molar-refractivity contribution >= 4 is 23.6 Å². The number of hydrogen-bond donors (Lipinski definition) is 3. The molecular formula is C22H31N5OS. The number of nitrogens with zero attached hydrogens (tertiary/aromatic N) is 3. The van der Waals surface area contributed by atoms with Gasteiger partial charge in [0.25, 0.3) is 0 Å². The van der Waals surface area contributed by atoms with E-state index in [1.165, 1.54) is 53.6 Å². The van der Waals surface area contributed by atoms with Gasteiger partial charge in [-0.3, -0.25) is 0 Å². The average Bonchev–Trinajstić information content (AvgIpc) is 3.42. The fourth-order valence-electron chi connectivity index (χ4n) is 5.20. The molecule has 0 spiro atoms. The molecule has 156 valence electrons. The summed E-state index contributed by atoms with van der Waals surface area (Å²) in [6.45, 7) is 5.75. The Bertz CT molecular complexity index is 863. The van der Waals surface area contributed by atoms with E-state index in [0.717, 1.165) is 49.9 Å². The van der Waals surface area contributed by atoms with Crippen LogP contribution in [0.2, 0.25) is 0 Å². The highest BCUT2D eigenvalue weighted by Crippen LogP contribution is 2.40. The van der Waals surface area contributed by atoms with Crippen molar-refractivity contribution in [2.45, 2.75) is 76.0 Å². The third-order valence-electron chi connectivity index (χ3n) is 6.85. The number of H-pyrrole nitrogens is 1. The van der Waals surface area contributed by atoms with Gasteiger partial charge < -0.3 is 10.4 Å². The summed E-state index contributed by atoms with van der Waals surface area (Å²) in [6.07, 6.45) is 9.26. The molecule has 0 radical (unpaired) electrons. The van der Waals surface area contributed by atoms with Crippen molar-refractivity contribution < 1.29 is 5.11 Å². The number of aromatic nitrogens is 3. The number of aliphatic hydroxyl groups is 1. The third-order valence-corrected chi connectivity index (χ3v) is 7.81. The Labute approximate surface area is 177 Å². The molecule has 5 rings (SSSR count). The monoisotopic (exact) mass is 413 g/mol. The van der Waals surface area contributed by atoms with Gasteiger partial charge in [-0.15, -0.1) is 5.10 Å². The minimum Gasteiger partial charge on any atom is -0.390 e. The SMILES string of the molecule is CC(C)(O)C1CCN(Sc2n[nH]c(Nc3c4c(cc5c3CCC5)CCC4)n2)CC1. The van der Waals surface area contributed by atoms with Gasteiger partial charge in [0.1, 0.15) is 0 Å². The quantitative estimate of drug-likeness (QED) is 0.643. The fraction of sp³-hybridized carbons (Fsp3) is 0.636. The van der Waals surface area contributed by atoms with Gasteiger partial charge in [0.05, 0.1) is 5.60 Å². The molecule has 0 saturated carbocycles. The number of anilines is 2. The molecule has 6 nitrogen and oxygen atoms in total. The minimum atomic E-state index is -0.589. The van der Waals surface area contributed by atoms with Gasteiger partial charge in [0.2, 0.25) is 11.1 Å². The summed E-state index contributed by atoms with van der Waals surface area (Å²) in [6, 6.07) is 2.45. The molecule has 3 aliphatic rings. The summed E-state index contributed by atoms with van der Waals surface area (Å²) in [4.78, 5) is 4.71. The zero-order valence-electron chi connectivity index (χ0n) is 17.4. The second kappa shape index (κ2) is 7.60. The Kier molecular flexibility index (Phi) is 5.08. The molecular weight excluding hydrogens is 382 g/mol. The van der Waals surface area contributed by atoms with Crippen LogP contribution >= 0.6 is 11.9 Å². The predicted octanol–water partition coefficient (Wildman–Crippen LogP) is 4.02. The van der Waals surface area contributed by atoms with E-state index in [2.05, 4.69) is 25.9 Å². The normalized spacial score (nSPS) is 20.1. The maximum atomic E-state index is 10.2. The minimum absolute atomic E-state index is 0.367. The summed E-state index contributed by atoms with van der Waals surface area (Å²) < 4.78 is 2.31. The van der Waals surface area contributed by atoms with Crippen LogP contribution in [0.4, 0.5) is 11.6 Å². The molecule has 1 fully saturated rings. The van der Waals surface area contributed by atoms with Crippen molar-refractivity contribution in [3.05, 3.63) is 28.3 Å². The van der Waals surface area contributed by atoms with Crippen LogP contribution in [0, 0.1) is 5.92 Å². The molecule has 3 N–H and O–H groups in total. The Morgan fingerprint density at radius 2 is 1.76 bits per heavy atom. The second-order valence-electron chi connectivity index (χ2n) is 9.27. The highest BCUT2D eigenvalue weighted by Gasteiger charge is 2.31. The molecule has 7 heteroatoms. The average molecular weight is 414 g/mol. The van der Waals surface area contributed by atoms with Gasteiger partial charge in [0, 0.05) is 30.7 Å². The lowest BCUT2D eigenvalue weighted by molar-refractivity contribution is -0.00287. The van der Waals surface area contributed by atoms with Crippen LogP contribution in [0.1, 0.15) is 61.8 Å². The van der Waals surface area contributed by atoms with Crippen LogP contribution in [0.5, 0.6) is 0 Å². The van der Waals surface area contributed by atoms with Crippen molar-refractivity contribution in [2.24, 2.45) is 5.92 Å². The van der Waals surface area contributed by atoms with Gasteiger partial charge in [-0.25, -0.2) is 9.40 Å². The van der Waals surface area contributed by atoms with Crippen molar-refractivity contribution in [2.75, 3.05) is 18.4 Å². The fourth-order valence-corrected chi connectivity index (χ4v) is 6.04. The zero-order valence-corrected chi connectivity index (χ0v) is 18.2. The predicted molar refractivity (Wildman–Crippen MR) is 117 cm³/mol. The van der Waals surface area contributed by atoms with Crippen LogP contribution < -0.4 is 5.32 Å². The highest BCUT2D eigenvalue weighted by molar-refractivity contribution is 7.96. The molecule has 2 aliphatic carbocycles. The summed E-state index contributed by atoms with van der Waals surface area (Å²) in [5.74, 6) is 1.11. The van der Waals surface area contributed by atoms with Crippen LogP contribution in [0.25, 0.3) is 0 Å². The van der Waals surface area contributed by atoms with E-state index in [4.69, 9.17) is 4.98 Å². The molecule has 0 amide bonds. The van der Waals surface area contributed by atoms with Crippen LogP contribution in [-0.2, 0) is 25.7 Å². The number of piperidine rings is 1. The topological polar surface area (TPSA) is 77.1 Å². The number of benzene rings is 1. The number of aryl methyl sites for hydroxylation is 2. The Morgan fingerprint density at radius 3 is 2.38 bits per heavy atom. The van der Waals surface area contributed by atoms with Gasteiger partial charge in [0.15, 0.2) is 0 Å². The van der Waals surface area contributed by atoms with Crippen molar-refractivity contribution in [1.82, 2.24) is 19.5 Å². The van der Waals surface area contributed by atoms with Crippen LogP contribution in [0.3, 0.4) is 0 Å². The molecule has 0 atom stereocenters. The van der Waals surface area contributed by atoms with E-state index in [1.54, 1.807) is 11.9 Å². The molecule has 1 aliphatic heterocycles. The molecule has 2 aromatic rings. The lowest BCUT2D eigenvalue weighted by Crippen LogP contribution is -2.39. The number of nitrogens with one attached hydrogen (secondary N) is 2. The highest BCUT2D eigenvalue weighted by atomic mass is 32.2. The van der Waals surface area contributed by atoms with E-state index in [0.29, 0.717) is 5.92 Å². The maximum absolute atomic E-state index is 10.2. The number of hydrogen-bond acceptors (Lipinski definition) is 6. The zero-order chi connectivity index (χ0) is 20.0. The summed E-state index contributed by atoms with van der Waals surface area (Å²) in [7, 11) is 0. The largest absolute Gasteiger partial charge is 0.390 e. The van der Waals surface area contributed by atoms with E-state index in [1.807, 2.05) is 13.8 Å². The first-order valence-electron chi connectivity index (χ1n) is 11.0. The van der Waals surface area contributed by atoms with E-state index in [9.17, 15) is 5.11 Å². The van der Waals surface area contributed by atoms with Gasteiger partial charge in [-0.2, -0.15) is 4.98 Å². The molecule has 0 bridgehead atoms. The lowest BCUT2D eigenvalue weighted by Gasteiger charge is -2.36. The van der Waals surface area contributed by atoms with Crippen molar-refractivity contribution in [1.29, 1.82) is 0 Å². The standard InChI is InChI=1S/C22H31N5OS/c1-22(2,28)16-9-11-27(12-10-16)29-21-24-20(25-26-21)23-19-17-7-3-5-14(17)13-15-6-4-8-18(15)19/h13,16,28H,3-12H2,1-2H3,(H2,23,24,25,26).